The number of para-hydroxylation sites is 1. The fourth-order valence-corrected chi connectivity index (χ4v) is 2.66. The molecule has 1 amide bonds. The average molecular weight is 348 g/mol. The van der Waals surface area contributed by atoms with Gasteiger partial charge in [-0.05, 0) is 30.0 Å². The van der Waals surface area contributed by atoms with Crippen LogP contribution in [-0.2, 0) is 12.8 Å². The molecule has 3 rings (SSSR count). The first-order valence-electron chi connectivity index (χ1n) is 8.97. The summed E-state index contributed by atoms with van der Waals surface area (Å²) in [6.45, 7) is 4.72. The lowest BCUT2D eigenvalue weighted by Crippen LogP contribution is -2.28. The van der Waals surface area contributed by atoms with Crippen LogP contribution in [0.15, 0.2) is 60.7 Å². The molecule has 0 aliphatic rings. The van der Waals surface area contributed by atoms with Crippen LogP contribution in [-0.4, -0.2) is 27.2 Å². The van der Waals surface area contributed by atoms with Gasteiger partial charge in [-0.25, -0.2) is 9.67 Å². The first-order chi connectivity index (χ1) is 12.6. The van der Waals surface area contributed by atoms with Crippen molar-refractivity contribution in [3.63, 3.8) is 0 Å². The number of hydrogen-bond acceptors (Lipinski definition) is 3. The molecular weight excluding hydrogens is 324 g/mol. The van der Waals surface area contributed by atoms with Crippen molar-refractivity contribution in [2.45, 2.75) is 26.7 Å². The molecule has 5 nitrogen and oxygen atoms in total. The molecule has 0 saturated carbocycles. The van der Waals surface area contributed by atoms with Crippen molar-refractivity contribution in [2.75, 3.05) is 6.54 Å². The monoisotopic (exact) mass is 348 g/mol. The summed E-state index contributed by atoms with van der Waals surface area (Å²) in [5, 5.41) is 7.35. The number of aromatic nitrogens is 3. The summed E-state index contributed by atoms with van der Waals surface area (Å²) in [5.41, 5.74) is 2.15. The van der Waals surface area contributed by atoms with E-state index in [1.807, 2.05) is 48.5 Å². The third-order valence-corrected chi connectivity index (χ3v) is 4.03. The first-order valence-corrected chi connectivity index (χ1v) is 8.97. The van der Waals surface area contributed by atoms with Crippen LogP contribution in [0.25, 0.3) is 5.69 Å². The first kappa shape index (κ1) is 17.9. The van der Waals surface area contributed by atoms with Gasteiger partial charge in [0.2, 0.25) is 5.82 Å². The lowest BCUT2D eigenvalue weighted by molar-refractivity contribution is 0.0938. The molecule has 134 valence electrons. The molecule has 26 heavy (non-hydrogen) atoms. The highest BCUT2D eigenvalue weighted by Gasteiger charge is 2.17. The number of amides is 1. The van der Waals surface area contributed by atoms with Crippen molar-refractivity contribution in [3.8, 4) is 5.69 Å². The highest BCUT2D eigenvalue weighted by molar-refractivity contribution is 5.90. The molecule has 0 fully saturated rings. The molecule has 0 saturated heterocycles. The van der Waals surface area contributed by atoms with E-state index in [0.29, 0.717) is 18.9 Å². The van der Waals surface area contributed by atoms with Gasteiger partial charge >= 0.3 is 0 Å². The van der Waals surface area contributed by atoms with Gasteiger partial charge in [-0.3, -0.25) is 4.79 Å². The van der Waals surface area contributed by atoms with Crippen molar-refractivity contribution in [2.24, 2.45) is 5.92 Å². The van der Waals surface area contributed by atoms with Crippen LogP contribution >= 0.6 is 0 Å². The predicted octanol–water partition coefficient (Wildman–Crippen LogP) is 3.44. The van der Waals surface area contributed by atoms with Crippen LogP contribution in [0.1, 0.15) is 35.9 Å². The summed E-state index contributed by atoms with van der Waals surface area (Å²) in [6.07, 6.45) is 1.56. The van der Waals surface area contributed by atoms with Gasteiger partial charge in [0.1, 0.15) is 5.82 Å². The lowest BCUT2D eigenvalue weighted by atomic mass is 10.1. The minimum absolute atomic E-state index is 0.220. The second kappa shape index (κ2) is 8.43. The molecule has 0 aliphatic heterocycles. The predicted molar refractivity (Wildman–Crippen MR) is 102 cm³/mol. The number of carbonyl (C=O) groups excluding carboxylic acids is 1. The molecule has 3 aromatic rings. The van der Waals surface area contributed by atoms with E-state index in [1.165, 1.54) is 5.56 Å². The average Bonchev–Trinajstić information content (AvgIpc) is 3.10. The van der Waals surface area contributed by atoms with E-state index in [9.17, 15) is 4.79 Å². The summed E-state index contributed by atoms with van der Waals surface area (Å²) < 4.78 is 1.77. The minimum Gasteiger partial charge on any atom is -0.349 e. The molecule has 0 atom stereocenters. The summed E-state index contributed by atoms with van der Waals surface area (Å²) in [5.74, 6) is 1.16. The maximum Gasteiger partial charge on any atom is 0.290 e. The van der Waals surface area contributed by atoms with E-state index in [1.54, 1.807) is 4.68 Å². The highest BCUT2D eigenvalue weighted by Crippen LogP contribution is 2.13. The van der Waals surface area contributed by atoms with E-state index in [0.717, 1.165) is 17.9 Å². The Bertz CT molecular complexity index is 841. The van der Waals surface area contributed by atoms with Gasteiger partial charge < -0.3 is 5.32 Å². The number of carbonyl (C=O) groups is 1. The summed E-state index contributed by atoms with van der Waals surface area (Å²) in [6, 6.07) is 20.1. The van der Waals surface area contributed by atoms with Crippen LogP contribution in [0.4, 0.5) is 0 Å². The number of nitrogens with zero attached hydrogens (tertiary/aromatic N) is 3. The Morgan fingerprint density at radius 3 is 2.31 bits per heavy atom. The van der Waals surface area contributed by atoms with E-state index in [-0.39, 0.29) is 11.7 Å². The molecule has 0 aliphatic carbocycles. The lowest BCUT2D eigenvalue weighted by Gasteiger charge is -2.05. The van der Waals surface area contributed by atoms with Gasteiger partial charge in [0.05, 0.1) is 5.69 Å². The van der Waals surface area contributed by atoms with Crippen molar-refractivity contribution < 1.29 is 4.79 Å². The van der Waals surface area contributed by atoms with Crippen molar-refractivity contribution >= 4 is 5.91 Å². The Balaban J connectivity index is 1.84. The minimum atomic E-state index is -0.227. The van der Waals surface area contributed by atoms with Crippen LogP contribution in [0, 0.1) is 5.92 Å². The van der Waals surface area contributed by atoms with Crippen molar-refractivity contribution in [1.29, 1.82) is 0 Å². The van der Waals surface area contributed by atoms with Crippen molar-refractivity contribution in [1.82, 2.24) is 20.1 Å². The molecular formula is C21H24N4O. The third-order valence-electron chi connectivity index (χ3n) is 4.03. The van der Waals surface area contributed by atoms with Crippen LogP contribution in [0.2, 0.25) is 0 Å². The quantitative estimate of drug-likeness (QED) is 0.711. The molecule has 1 aromatic heterocycles. The molecule has 0 radical (unpaired) electrons. The van der Waals surface area contributed by atoms with Crippen LogP contribution < -0.4 is 5.32 Å². The third kappa shape index (κ3) is 4.57. The number of rotatable bonds is 7. The molecule has 1 N–H and O–H groups in total. The maximum atomic E-state index is 12.4. The number of nitrogens with one attached hydrogen (secondary N) is 1. The van der Waals surface area contributed by atoms with E-state index < -0.39 is 0 Å². The van der Waals surface area contributed by atoms with Crippen LogP contribution in [0.5, 0.6) is 0 Å². The molecule has 2 aromatic carbocycles. The summed E-state index contributed by atoms with van der Waals surface area (Å²) in [7, 11) is 0. The summed E-state index contributed by atoms with van der Waals surface area (Å²) >= 11 is 0. The number of aryl methyl sites for hydroxylation is 2. The van der Waals surface area contributed by atoms with Gasteiger partial charge in [0, 0.05) is 13.0 Å². The summed E-state index contributed by atoms with van der Waals surface area (Å²) in [4.78, 5) is 16.9. The molecule has 1 heterocycles. The zero-order valence-corrected chi connectivity index (χ0v) is 15.2. The second-order valence-electron chi connectivity index (χ2n) is 6.69. The zero-order valence-electron chi connectivity index (χ0n) is 15.2. The Hall–Kier alpha value is -2.95. The number of benzene rings is 2. The second-order valence-corrected chi connectivity index (χ2v) is 6.69. The normalized spacial score (nSPS) is 10.9. The number of hydrogen-bond donors (Lipinski definition) is 1. The van der Waals surface area contributed by atoms with E-state index in [2.05, 4.69) is 41.4 Å². The van der Waals surface area contributed by atoms with Gasteiger partial charge in [-0.2, -0.15) is 0 Å². The Morgan fingerprint density at radius 2 is 1.65 bits per heavy atom. The zero-order chi connectivity index (χ0) is 18.4. The Labute approximate surface area is 154 Å². The van der Waals surface area contributed by atoms with Gasteiger partial charge in [-0.15, -0.1) is 5.10 Å². The Morgan fingerprint density at radius 1 is 1.00 bits per heavy atom. The largest absolute Gasteiger partial charge is 0.349 e. The molecule has 0 bridgehead atoms. The van der Waals surface area contributed by atoms with Gasteiger partial charge in [0.25, 0.3) is 5.91 Å². The van der Waals surface area contributed by atoms with E-state index >= 15 is 0 Å². The standard InChI is InChI=1S/C21H24N4O/c1-16(2)15-22-21(26)20-23-19(14-13-17-9-5-3-6-10-17)25(24-20)18-11-7-4-8-12-18/h3-12,16H,13-15H2,1-2H3,(H,22,26). The molecule has 5 heteroatoms. The highest BCUT2D eigenvalue weighted by atomic mass is 16.2. The van der Waals surface area contributed by atoms with E-state index in [4.69, 9.17) is 0 Å². The van der Waals surface area contributed by atoms with Gasteiger partial charge in [-0.1, -0.05) is 62.4 Å². The molecule has 0 unspecified atom stereocenters. The SMILES string of the molecule is CC(C)CNC(=O)c1nc(CCc2ccccc2)n(-c2ccccc2)n1. The van der Waals surface area contributed by atoms with Gasteiger partial charge in [0.15, 0.2) is 0 Å². The maximum absolute atomic E-state index is 12.4. The van der Waals surface area contributed by atoms with Crippen molar-refractivity contribution in [3.05, 3.63) is 77.9 Å². The fourth-order valence-electron chi connectivity index (χ4n) is 2.66. The topological polar surface area (TPSA) is 59.8 Å². The molecule has 0 spiro atoms. The van der Waals surface area contributed by atoms with Crippen LogP contribution in [0.3, 0.4) is 0 Å². The fraction of sp³-hybridized carbons (Fsp3) is 0.286. The smallest absolute Gasteiger partial charge is 0.290 e. The Kier molecular flexibility index (Phi) is 5.79.